The molecule has 1 aliphatic heterocycles. The lowest BCUT2D eigenvalue weighted by atomic mass is 9.89. The van der Waals surface area contributed by atoms with Crippen LogP contribution in [-0.2, 0) is 23.0 Å². The largest absolute Gasteiger partial charge is 0.493 e. The molecule has 0 saturated carbocycles. The van der Waals surface area contributed by atoms with Crippen molar-refractivity contribution >= 4 is 31.6 Å². The van der Waals surface area contributed by atoms with Crippen LogP contribution in [0.3, 0.4) is 0 Å². The third kappa shape index (κ3) is 3.55. The molecule has 8 nitrogen and oxygen atoms in total. The molecule has 0 fully saturated rings. The number of rotatable bonds is 6. The van der Waals surface area contributed by atoms with Gasteiger partial charge in [0.05, 0.1) is 33.3 Å². The molecule has 0 radical (unpaired) electrons. The van der Waals surface area contributed by atoms with E-state index in [4.69, 9.17) is 18.9 Å². The normalized spacial score (nSPS) is 14.5. The molecule has 4 rings (SSSR count). The third-order valence-electron chi connectivity index (χ3n) is 6.34. The van der Waals surface area contributed by atoms with Crippen molar-refractivity contribution in [3.05, 3.63) is 29.3 Å². The first-order valence-corrected chi connectivity index (χ1v) is 12.0. The maximum atomic E-state index is 13.4. The first kappa shape index (κ1) is 23.4. The summed E-state index contributed by atoms with van der Waals surface area (Å²) in [6.45, 7) is 1.54. The summed E-state index contributed by atoms with van der Waals surface area (Å²) in [5.74, 6) is 2.20. The summed E-state index contributed by atoms with van der Waals surface area (Å²) in [5.41, 5.74) is 2.09. The molecular formula is C24H30N2O6S. The van der Waals surface area contributed by atoms with Crippen LogP contribution in [-0.4, -0.2) is 73.7 Å². The Morgan fingerprint density at radius 1 is 0.818 bits per heavy atom. The van der Waals surface area contributed by atoms with Crippen molar-refractivity contribution in [2.24, 2.45) is 0 Å². The van der Waals surface area contributed by atoms with Gasteiger partial charge >= 0.3 is 0 Å². The van der Waals surface area contributed by atoms with Crippen LogP contribution >= 0.6 is 0 Å². The van der Waals surface area contributed by atoms with E-state index < -0.39 is 10.0 Å². The predicted molar refractivity (Wildman–Crippen MR) is 129 cm³/mol. The Morgan fingerprint density at radius 2 is 1.42 bits per heavy atom. The highest BCUT2D eigenvalue weighted by Gasteiger charge is 2.30. The van der Waals surface area contributed by atoms with Crippen LogP contribution in [0, 0.1) is 0 Å². The minimum Gasteiger partial charge on any atom is -0.493 e. The molecule has 0 unspecified atom stereocenters. The Kier molecular flexibility index (Phi) is 6.07. The van der Waals surface area contributed by atoms with Crippen molar-refractivity contribution in [1.82, 2.24) is 9.21 Å². The van der Waals surface area contributed by atoms with E-state index in [-0.39, 0.29) is 4.90 Å². The van der Waals surface area contributed by atoms with Crippen molar-refractivity contribution in [3.8, 4) is 23.0 Å². The van der Waals surface area contributed by atoms with E-state index in [0.717, 1.165) is 34.9 Å². The van der Waals surface area contributed by atoms with Crippen molar-refractivity contribution in [3.63, 3.8) is 0 Å². The smallest absolute Gasteiger partial charge is 0.243 e. The number of benzene rings is 3. The van der Waals surface area contributed by atoms with E-state index in [1.165, 1.54) is 25.5 Å². The maximum absolute atomic E-state index is 13.4. The number of hydrogen-bond donors (Lipinski definition) is 0. The Hall–Kier alpha value is -2.75. The lowest BCUT2D eigenvalue weighted by Crippen LogP contribution is -2.27. The zero-order valence-electron chi connectivity index (χ0n) is 20.1. The third-order valence-corrected chi connectivity index (χ3v) is 8.19. The lowest BCUT2D eigenvalue weighted by Gasteiger charge is -2.30. The summed E-state index contributed by atoms with van der Waals surface area (Å²) in [6, 6.07) is 5.29. The molecule has 33 heavy (non-hydrogen) atoms. The van der Waals surface area contributed by atoms with Gasteiger partial charge in [-0.25, -0.2) is 12.7 Å². The quantitative estimate of drug-likeness (QED) is 0.508. The van der Waals surface area contributed by atoms with Crippen LogP contribution in [0.15, 0.2) is 23.1 Å². The fourth-order valence-corrected chi connectivity index (χ4v) is 5.78. The van der Waals surface area contributed by atoms with E-state index in [1.807, 2.05) is 6.07 Å². The average molecular weight is 475 g/mol. The van der Waals surface area contributed by atoms with Gasteiger partial charge in [-0.1, -0.05) is 0 Å². The molecular weight excluding hydrogens is 444 g/mol. The summed E-state index contributed by atoms with van der Waals surface area (Å²) in [7, 11) is 7.69. The van der Waals surface area contributed by atoms with Crippen LogP contribution in [0.5, 0.6) is 23.0 Å². The number of nitrogens with zero attached hydrogens (tertiary/aromatic N) is 2. The van der Waals surface area contributed by atoms with Gasteiger partial charge in [0.25, 0.3) is 0 Å². The number of likely N-dealkylation sites (N-methyl/N-ethyl adjacent to an activating group) is 1. The number of methoxy groups -OCH3 is 4. The molecule has 0 atom stereocenters. The molecule has 3 aromatic carbocycles. The summed E-state index contributed by atoms with van der Waals surface area (Å²) in [6.07, 6.45) is 0.767. The minimum absolute atomic E-state index is 0.212. The zero-order chi connectivity index (χ0) is 24.1. The van der Waals surface area contributed by atoms with Gasteiger partial charge < -0.3 is 23.8 Å². The van der Waals surface area contributed by atoms with Gasteiger partial charge in [-0.05, 0) is 48.0 Å². The Balaban J connectivity index is 2.31. The molecule has 0 aliphatic carbocycles. The molecule has 0 bridgehead atoms. The Labute approximate surface area is 194 Å². The van der Waals surface area contributed by atoms with E-state index in [1.54, 1.807) is 33.5 Å². The van der Waals surface area contributed by atoms with Gasteiger partial charge in [-0.2, -0.15) is 0 Å². The summed E-state index contributed by atoms with van der Waals surface area (Å²) in [4.78, 5) is 2.42. The van der Waals surface area contributed by atoms with Crippen molar-refractivity contribution in [2.45, 2.75) is 17.9 Å². The first-order valence-electron chi connectivity index (χ1n) is 10.6. The van der Waals surface area contributed by atoms with Crippen LogP contribution in [0.1, 0.15) is 11.1 Å². The highest BCUT2D eigenvalue weighted by Crippen LogP contribution is 2.49. The molecule has 0 spiro atoms. The van der Waals surface area contributed by atoms with Crippen molar-refractivity contribution in [2.75, 3.05) is 56.1 Å². The highest BCUT2D eigenvalue weighted by molar-refractivity contribution is 7.89. The van der Waals surface area contributed by atoms with Gasteiger partial charge in [0.2, 0.25) is 10.0 Å². The number of hydrogen-bond acceptors (Lipinski definition) is 7. The first-order chi connectivity index (χ1) is 15.7. The van der Waals surface area contributed by atoms with E-state index in [0.29, 0.717) is 40.3 Å². The van der Waals surface area contributed by atoms with Gasteiger partial charge in [0, 0.05) is 43.5 Å². The van der Waals surface area contributed by atoms with Crippen LogP contribution in [0.4, 0.5) is 0 Å². The standard InChI is InChI=1S/C24H30N2O6S/c1-25(2)33(27,28)21-12-17-14-8-9-26(3)13-18(14)23(31-6)24(32-7)22(17)16-11-20(30-5)19(29-4)10-15(16)21/h10-12H,8-9,13H2,1-7H3. The molecule has 0 amide bonds. The fraction of sp³-hybridized carbons (Fsp3) is 0.417. The summed E-state index contributed by atoms with van der Waals surface area (Å²) < 4.78 is 50.9. The average Bonchev–Trinajstić information content (AvgIpc) is 2.80. The number of sulfonamides is 1. The van der Waals surface area contributed by atoms with Gasteiger partial charge in [-0.3, -0.25) is 0 Å². The van der Waals surface area contributed by atoms with Crippen molar-refractivity contribution < 1.29 is 27.4 Å². The second-order valence-electron chi connectivity index (χ2n) is 8.35. The molecule has 3 aromatic rings. The van der Waals surface area contributed by atoms with Crippen molar-refractivity contribution in [1.29, 1.82) is 0 Å². The lowest BCUT2D eigenvalue weighted by molar-refractivity contribution is 0.296. The number of fused-ring (bicyclic) bond motifs is 5. The van der Waals surface area contributed by atoms with Gasteiger partial charge in [0.1, 0.15) is 0 Å². The molecule has 178 valence electrons. The minimum atomic E-state index is -3.76. The second-order valence-corrected chi connectivity index (χ2v) is 10.5. The zero-order valence-corrected chi connectivity index (χ0v) is 20.9. The van der Waals surface area contributed by atoms with E-state index in [9.17, 15) is 8.42 Å². The van der Waals surface area contributed by atoms with Crippen LogP contribution in [0.2, 0.25) is 0 Å². The molecule has 0 aromatic heterocycles. The fourth-order valence-electron chi connectivity index (χ4n) is 4.67. The number of ether oxygens (including phenoxy) is 4. The Morgan fingerprint density at radius 3 is 1.97 bits per heavy atom. The topological polar surface area (TPSA) is 77.5 Å². The Bertz CT molecular complexity index is 1350. The highest BCUT2D eigenvalue weighted by atomic mass is 32.2. The second kappa shape index (κ2) is 8.55. The predicted octanol–water partition coefficient (Wildman–Crippen LogP) is 3.27. The van der Waals surface area contributed by atoms with Gasteiger partial charge in [-0.15, -0.1) is 0 Å². The molecule has 1 aliphatic rings. The summed E-state index contributed by atoms with van der Waals surface area (Å²) in [5, 5.41) is 2.87. The van der Waals surface area contributed by atoms with Gasteiger partial charge in [0.15, 0.2) is 23.0 Å². The maximum Gasteiger partial charge on any atom is 0.243 e. The van der Waals surface area contributed by atoms with E-state index >= 15 is 0 Å². The van der Waals surface area contributed by atoms with Crippen LogP contribution in [0.25, 0.3) is 21.5 Å². The molecule has 1 heterocycles. The molecule has 0 saturated heterocycles. The molecule has 0 N–H and O–H groups in total. The van der Waals surface area contributed by atoms with E-state index in [2.05, 4.69) is 11.9 Å². The molecule has 9 heteroatoms. The summed E-state index contributed by atoms with van der Waals surface area (Å²) >= 11 is 0. The van der Waals surface area contributed by atoms with Crippen LogP contribution < -0.4 is 18.9 Å². The monoisotopic (exact) mass is 474 g/mol. The SMILES string of the molecule is COc1cc2c(S(=O)(=O)N(C)C)cc3c4c(c(OC)c(OC)c3c2cc1OC)CN(C)CC4.